The maximum Gasteiger partial charge on any atom is 0.143 e. The molecule has 0 radical (unpaired) electrons. The first kappa shape index (κ1) is 46.3. The molecular formula is C76H50O2. The maximum absolute atomic E-state index is 7.19. The number of fused-ring (bicyclic) bond motifs is 4. The van der Waals surface area contributed by atoms with E-state index in [9.17, 15) is 0 Å². The Bertz CT molecular complexity index is 4310. The van der Waals surface area contributed by atoms with Crippen LogP contribution in [0.1, 0.15) is 22.3 Å². The van der Waals surface area contributed by atoms with Crippen LogP contribution in [0.5, 0.6) is 23.0 Å². The van der Waals surface area contributed by atoms with Crippen molar-refractivity contribution in [3.8, 4) is 101 Å². The van der Waals surface area contributed by atoms with Gasteiger partial charge in [-0.05, 0) is 148 Å². The molecular weight excluding hydrogens is 945 g/mol. The zero-order chi connectivity index (χ0) is 52.1. The molecule has 366 valence electrons. The summed E-state index contributed by atoms with van der Waals surface area (Å²) < 4.78 is 14.4. The minimum Gasteiger partial charge on any atom is -0.455 e. The summed E-state index contributed by atoms with van der Waals surface area (Å²) in [6.45, 7) is 8.45. The second-order valence-corrected chi connectivity index (χ2v) is 19.9. The molecule has 78 heavy (non-hydrogen) atoms. The standard InChI is InChI=1S/C76H50O2/c1-3-21-59(57-45-53(49-23-9-5-10-24-49)43-54(46-57)50-25-11-6-12-26-50)67-35-19-37-69-66-34-18-32-64-62(40-42-72(74(64)66)77-75(67)69)61(22-4-2)68-36-20-38-70-65-33-17-31-63-60(39-41-71(73(63)65)78-76(68)70)58-47-55(51-27-13-7-14-28-51)44-56(48-58)52-29-15-8-16-30-52/h3-48H,1-2H2/b59-21-,61-22-. The molecule has 2 aliphatic rings. The van der Waals surface area contributed by atoms with E-state index in [0.29, 0.717) is 0 Å². The minimum atomic E-state index is 0.802. The Hall–Kier alpha value is -10.3. The smallest absolute Gasteiger partial charge is 0.143 e. The topological polar surface area (TPSA) is 18.5 Å². The van der Waals surface area contributed by atoms with Crippen molar-refractivity contribution in [1.29, 1.82) is 0 Å². The average Bonchev–Trinajstić information content (AvgIpc) is 3.69. The quantitative estimate of drug-likeness (QED) is 0.120. The lowest BCUT2D eigenvalue weighted by molar-refractivity contribution is 0.485. The molecule has 0 N–H and O–H groups in total. The number of para-hydroxylation sites is 2. The van der Waals surface area contributed by atoms with Crippen LogP contribution in [-0.4, -0.2) is 0 Å². The molecule has 0 unspecified atom stereocenters. The first-order valence-electron chi connectivity index (χ1n) is 26.5. The highest BCUT2D eigenvalue weighted by molar-refractivity contribution is 6.13. The highest BCUT2D eigenvalue weighted by Crippen LogP contribution is 2.55. The average molecular weight is 995 g/mol. The van der Waals surface area contributed by atoms with Crippen molar-refractivity contribution in [1.82, 2.24) is 0 Å². The van der Waals surface area contributed by atoms with Gasteiger partial charge in [-0.2, -0.15) is 0 Å². The summed E-state index contributed by atoms with van der Waals surface area (Å²) in [5.41, 5.74) is 22.0. The zero-order valence-corrected chi connectivity index (χ0v) is 42.8. The molecule has 12 aromatic rings. The molecule has 0 aliphatic carbocycles. The first-order chi connectivity index (χ1) is 38.6. The Kier molecular flexibility index (Phi) is 11.5. The van der Waals surface area contributed by atoms with Crippen LogP contribution >= 0.6 is 0 Å². The van der Waals surface area contributed by atoms with Gasteiger partial charge in [-0.1, -0.05) is 244 Å². The Morgan fingerprint density at radius 1 is 0.282 bits per heavy atom. The van der Waals surface area contributed by atoms with Gasteiger partial charge in [0.15, 0.2) is 0 Å². The molecule has 12 aromatic carbocycles. The lowest BCUT2D eigenvalue weighted by Gasteiger charge is -2.27. The monoisotopic (exact) mass is 994 g/mol. The number of rotatable bonds is 11. The third kappa shape index (κ3) is 7.98. The van der Waals surface area contributed by atoms with Crippen molar-refractivity contribution in [3.05, 3.63) is 315 Å². The van der Waals surface area contributed by atoms with Crippen molar-refractivity contribution in [2.24, 2.45) is 0 Å². The summed E-state index contributed by atoms with van der Waals surface area (Å²) in [7, 11) is 0. The molecule has 0 atom stereocenters. The van der Waals surface area contributed by atoms with Gasteiger partial charge in [0.2, 0.25) is 0 Å². The van der Waals surface area contributed by atoms with Gasteiger partial charge in [0.25, 0.3) is 0 Å². The van der Waals surface area contributed by atoms with Gasteiger partial charge in [0.05, 0.1) is 0 Å². The van der Waals surface area contributed by atoms with Gasteiger partial charge in [-0.25, -0.2) is 0 Å². The van der Waals surface area contributed by atoms with Gasteiger partial charge in [0, 0.05) is 33.0 Å². The van der Waals surface area contributed by atoms with E-state index in [1.54, 1.807) is 0 Å². The van der Waals surface area contributed by atoms with Crippen LogP contribution in [0.15, 0.2) is 292 Å². The van der Waals surface area contributed by atoms with Crippen LogP contribution in [0.3, 0.4) is 0 Å². The summed E-state index contributed by atoms with van der Waals surface area (Å²) >= 11 is 0. The van der Waals surface area contributed by atoms with Crippen LogP contribution < -0.4 is 9.47 Å². The van der Waals surface area contributed by atoms with E-state index in [4.69, 9.17) is 9.47 Å². The highest BCUT2D eigenvalue weighted by Gasteiger charge is 2.29. The zero-order valence-electron chi connectivity index (χ0n) is 42.8. The molecule has 14 rings (SSSR count). The molecule has 2 aliphatic heterocycles. The molecule has 0 saturated heterocycles. The molecule has 0 amide bonds. The maximum atomic E-state index is 7.19. The molecule has 0 saturated carbocycles. The Labute approximate surface area is 455 Å². The number of ether oxygens (including phenoxy) is 2. The third-order valence-electron chi connectivity index (χ3n) is 15.4. The molecule has 0 spiro atoms. The van der Waals surface area contributed by atoms with Crippen LogP contribution in [0.25, 0.3) is 111 Å². The van der Waals surface area contributed by atoms with Crippen LogP contribution in [0, 0.1) is 0 Å². The normalized spacial score (nSPS) is 12.3. The summed E-state index contributed by atoms with van der Waals surface area (Å²) in [6, 6.07) is 91.2. The number of benzene rings is 12. The predicted molar refractivity (Wildman–Crippen MR) is 327 cm³/mol. The SMILES string of the molecule is C=C/C=C(/c1cc(-c2ccccc2)cc(-c2ccccc2)c1)c1cccc2c1Oc1ccc(/C(=C/C=C)c3cccc4c3Oc3ccc(-c5cc(-c6ccccc6)cc(-c6ccccc6)c5)c5cccc-4c35)c3cccc-2c13. The van der Waals surface area contributed by atoms with E-state index in [1.807, 2.05) is 12.2 Å². The lowest BCUT2D eigenvalue weighted by Crippen LogP contribution is -2.04. The van der Waals surface area contributed by atoms with Gasteiger partial charge >= 0.3 is 0 Å². The number of allylic oxidation sites excluding steroid dienone is 4. The molecule has 2 heterocycles. The van der Waals surface area contributed by atoms with Crippen LogP contribution in [0.4, 0.5) is 0 Å². The second-order valence-electron chi connectivity index (χ2n) is 19.9. The van der Waals surface area contributed by atoms with E-state index in [-0.39, 0.29) is 0 Å². The van der Waals surface area contributed by atoms with E-state index < -0.39 is 0 Å². The van der Waals surface area contributed by atoms with Crippen molar-refractivity contribution in [2.75, 3.05) is 0 Å². The summed E-state index contributed by atoms with van der Waals surface area (Å²) in [5, 5.41) is 4.38. The van der Waals surface area contributed by atoms with Crippen molar-refractivity contribution >= 4 is 32.7 Å². The molecule has 0 aromatic heterocycles. The fourth-order valence-electron chi connectivity index (χ4n) is 11.9. The highest BCUT2D eigenvalue weighted by atomic mass is 16.5. The summed E-state index contributed by atoms with van der Waals surface area (Å²) in [5.74, 6) is 3.26. The Morgan fingerprint density at radius 3 is 1.18 bits per heavy atom. The lowest BCUT2D eigenvalue weighted by atomic mass is 9.84. The van der Waals surface area contributed by atoms with E-state index in [1.165, 1.54) is 22.3 Å². The van der Waals surface area contributed by atoms with Crippen molar-refractivity contribution in [2.45, 2.75) is 0 Å². The van der Waals surface area contributed by atoms with Gasteiger partial charge < -0.3 is 9.47 Å². The number of hydrogen-bond donors (Lipinski definition) is 0. The third-order valence-corrected chi connectivity index (χ3v) is 15.4. The van der Waals surface area contributed by atoms with Crippen molar-refractivity contribution in [3.63, 3.8) is 0 Å². The molecule has 0 fully saturated rings. The first-order valence-corrected chi connectivity index (χ1v) is 26.5. The van der Waals surface area contributed by atoms with Crippen LogP contribution in [-0.2, 0) is 0 Å². The Balaban J connectivity index is 0.868. The predicted octanol–water partition coefficient (Wildman–Crippen LogP) is 21.1. The van der Waals surface area contributed by atoms with Gasteiger partial charge in [-0.3, -0.25) is 0 Å². The fraction of sp³-hybridized carbons (Fsp3) is 0. The van der Waals surface area contributed by atoms with Gasteiger partial charge in [0.1, 0.15) is 23.0 Å². The minimum absolute atomic E-state index is 0.802. The second kappa shape index (κ2) is 19.5. The van der Waals surface area contributed by atoms with E-state index in [2.05, 4.69) is 280 Å². The summed E-state index contributed by atoms with van der Waals surface area (Å²) in [4.78, 5) is 0. The molecule has 2 nitrogen and oxygen atoms in total. The van der Waals surface area contributed by atoms with E-state index >= 15 is 0 Å². The molecule has 0 bridgehead atoms. The molecule has 2 heteroatoms. The number of hydrogen-bond acceptors (Lipinski definition) is 2. The van der Waals surface area contributed by atoms with Crippen molar-refractivity contribution < 1.29 is 9.47 Å². The Morgan fingerprint density at radius 2 is 0.679 bits per heavy atom. The summed E-state index contributed by atoms with van der Waals surface area (Å²) in [6.07, 6.45) is 7.97. The largest absolute Gasteiger partial charge is 0.455 e. The van der Waals surface area contributed by atoms with Gasteiger partial charge in [-0.15, -0.1) is 0 Å². The van der Waals surface area contributed by atoms with Crippen LogP contribution in [0.2, 0.25) is 0 Å². The fourth-order valence-corrected chi connectivity index (χ4v) is 11.9. The van der Waals surface area contributed by atoms with E-state index in [0.717, 1.165) is 134 Å².